The summed E-state index contributed by atoms with van der Waals surface area (Å²) in [6.07, 6.45) is 0. The third-order valence-corrected chi connectivity index (χ3v) is 3.91. The minimum absolute atomic E-state index is 0.323. The second-order valence-electron chi connectivity index (χ2n) is 5.47. The van der Waals surface area contributed by atoms with Crippen LogP contribution >= 0.6 is 0 Å². The van der Waals surface area contributed by atoms with Crippen molar-refractivity contribution in [3.63, 3.8) is 0 Å². The Hall–Kier alpha value is -2.52. The molecule has 0 amide bonds. The molecule has 1 heterocycles. The largest absolute Gasteiger partial charge is 0.454 e. The van der Waals surface area contributed by atoms with Crippen LogP contribution in [-0.2, 0) is 13.1 Å². The van der Waals surface area contributed by atoms with Crippen molar-refractivity contribution in [2.24, 2.45) is 0 Å². The van der Waals surface area contributed by atoms with Gasteiger partial charge in [-0.1, -0.05) is 42.5 Å². The van der Waals surface area contributed by atoms with Gasteiger partial charge >= 0.3 is 0 Å². The number of benzene rings is 3. The SMILES string of the molecule is c1ccc2cc(CNCc3ccc4c(c3)OCO4)ccc2c1. The average Bonchev–Trinajstić information content (AvgIpc) is 3.02. The first-order valence-electron chi connectivity index (χ1n) is 7.45. The van der Waals surface area contributed by atoms with Crippen molar-refractivity contribution in [1.29, 1.82) is 0 Å². The van der Waals surface area contributed by atoms with Gasteiger partial charge in [0.05, 0.1) is 0 Å². The molecule has 3 nitrogen and oxygen atoms in total. The van der Waals surface area contributed by atoms with Crippen LogP contribution in [0.25, 0.3) is 10.8 Å². The summed E-state index contributed by atoms with van der Waals surface area (Å²) in [7, 11) is 0. The third kappa shape index (κ3) is 2.63. The van der Waals surface area contributed by atoms with Crippen LogP contribution < -0.4 is 14.8 Å². The summed E-state index contributed by atoms with van der Waals surface area (Å²) in [4.78, 5) is 0. The van der Waals surface area contributed by atoms with Crippen LogP contribution in [0.3, 0.4) is 0 Å². The molecule has 0 fully saturated rings. The minimum atomic E-state index is 0.323. The van der Waals surface area contributed by atoms with E-state index in [-0.39, 0.29) is 0 Å². The molecule has 110 valence electrons. The molecule has 0 saturated carbocycles. The number of hydrogen-bond donors (Lipinski definition) is 1. The van der Waals surface area contributed by atoms with Crippen molar-refractivity contribution in [1.82, 2.24) is 5.32 Å². The number of ether oxygens (including phenoxy) is 2. The highest BCUT2D eigenvalue weighted by Gasteiger charge is 2.12. The standard InChI is InChI=1S/C19H17NO2/c1-2-4-17-9-14(5-7-16(17)3-1)11-20-12-15-6-8-18-19(10-15)22-13-21-18/h1-10,20H,11-13H2. The van der Waals surface area contributed by atoms with Gasteiger partial charge in [-0.3, -0.25) is 0 Å². The highest BCUT2D eigenvalue weighted by molar-refractivity contribution is 5.82. The molecule has 1 N–H and O–H groups in total. The molecule has 3 aromatic rings. The second kappa shape index (κ2) is 5.70. The zero-order chi connectivity index (χ0) is 14.8. The lowest BCUT2D eigenvalue weighted by Gasteiger charge is -2.07. The van der Waals surface area contributed by atoms with Gasteiger partial charge in [0.1, 0.15) is 0 Å². The van der Waals surface area contributed by atoms with E-state index >= 15 is 0 Å². The molecule has 0 atom stereocenters. The lowest BCUT2D eigenvalue weighted by molar-refractivity contribution is 0.174. The smallest absolute Gasteiger partial charge is 0.231 e. The van der Waals surface area contributed by atoms with E-state index in [1.54, 1.807) is 0 Å². The third-order valence-electron chi connectivity index (χ3n) is 3.91. The van der Waals surface area contributed by atoms with Crippen molar-refractivity contribution in [2.75, 3.05) is 6.79 Å². The number of rotatable bonds is 4. The van der Waals surface area contributed by atoms with E-state index in [1.165, 1.54) is 21.9 Å². The molecule has 22 heavy (non-hydrogen) atoms. The Morgan fingerprint density at radius 3 is 2.36 bits per heavy atom. The molecular formula is C19H17NO2. The van der Waals surface area contributed by atoms with Crippen molar-refractivity contribution in [3.8, 4) is 11.5 Å². The average molecular weight is 291 g/mol. The summed E-state index contributed by atoms with van der Waals surface area (Å²) in [6, 6.07) is 21.1. The summed E-state index contributed by atoms with van der Waals surface area (Å²) in [6.45, 7) is 1.98. The van der Waals surface area contributed by atoms with Gasteiger partial charge in [0.25, 0.3) is 0 Å². The molecule has 4 rings (SSSR count). The number of nitrogens with one attached hydrogen (secondary N) is 1. The first-order valence-corrected chi connectivity index (χ1v) is 7.45. The molecule has 0 saturated heterocycles. The van der Waals surface area contributed by atoms with Gasteiger partial charge in [0.2, 0.25) is 6.79 Å². The van der Waals surface area contributed by atoms with Crippen molar-refractivity contribution >= 4 is 10.8 Å². The Balaban J connectivity index is 1.41. The predicted octanol–water partition coefficient (Wildman–Crippen LogP) is 3.86. The van der Waals surface area contributed by atoms with Gasteiger partial charge < -0.3 is 14.8 Å². The zero-order valence-electron chi connectivity index (χ0n) is 12.2. The maximum Gasteiger partial charge on any atom is 0.231 e. The Morgan fingerprint density at radius 2 is 1.45 bits per heavy atom. The summed E-state index contributed by atoms with van der Waals surface area (Å²) >= 11 is 0. The Bertz CT molecular complexity index is 813. The van der Waals surface area contributed by atoms with E-state index in [4.69, 9.17) is 9.47 Å². The summed E-state index contributed by atoms with van der Waals surface area (Å²) < 4.78 is 10.7. The van der Waals surface area contributed by atoms with E-state index in [0.717, 1.165) is 24.6 Å². The van der Waals surface area contributed by atoms with Gasteiger partial charge in [-0.2, -0.15) is 0 Å². The molecule has 1 aliphatic heterocycles. The molecule has 0 unspecified atom stereocenters. The number of hydrogen-bond acceptors (Lipinski definition) is 3. The van der Waals surface area contributed by atoms with Crippen molar-refractivity contribution in [3.05, 3.63) is 71.8 Å². The van der Waals surface area contributed by atoms with Crippen LogP contribution in [0.1, 0.15) is 11.1 Å². The molecule has 0 radical (unpaired) electrons. The fourth-order valence-electron chi connectivity index (χ4n) is 2.75. The normalized spacial score (nSPS) is 12.7. The molecule has 0 spiro atoms. The van der Waals surface area contributed by atoms with Gasteiger partial charge in [0, 0.05) is 13.1 Å². The van der Waals surface area contributed by atoms with Crippen LogP contribution in [0.5, 0.6) is 11.5 Å². The molecule has 3 heteroatoms. The summed E-state index contributed by atoms with van der Waals surface area (Å²) in [5.41, 5.74) is 2.49. The van der Waals surface area contributed by atoms with Gasteiger partial charge in [-0.25, -0.2) is 0 Å². The van der Waals surface area contributed by atoms with E-state index in [1.807, 2.05) is 12.1 Å². The van der Waals surface area contributed by atoms with Crippen LogP contribution in [-0.4, -0.2) is 6.79 Å². The van der Waals surface area contributed by atoms with E-state index in [9.17, 15) is 0 Å². The van der Waals surface area contributed by atoms with Crippen LogP contribution in [0, 0.1) is 0 Å². The highest BCUT2D eigenvalue weighted by atomic mass is 16.7. The van der Waals surface area contributed by atoms with Gasteiger partial charge in [-0.15, -0.1) is 0 Å². The fourth-order valence-corrected chi connectivity index (χ4v) is 2.75. The van der Waals surface area contributed by atoms with E-state index < -0.39 is 0 Å². The van der Waals surface area contributed by atoms with Gasteiger partial charge in [0.15, 0.2) is 11.5 Å². The fraction of sp³-hybridized carbons (Fsp3) is 0.158. The molecular weight excluding hydrogens is 274 g/mol. The van der Waals surface area contributed by atoms with E-state index in [0.29, 0.717) is 6.79 Å². The van der Waals surface area contributed by atoms with Crippen molar-refractivity contribution < 1.29 is 9.47 Å². The quantitative estimate of drug-likeness (QED) is 0.792. The molecule has 0 bridgehead atoms. The first-order chi connectivity index (χ1) is 10.9. The Labute approximate surface area is 129 Å². The molecule has 3 aromatic carbocycles. The van der Waals surface area contributed by atoms with E-state index in [2.05, 4.69) is 53.8 Å². The lowest BCUT2D eigenvalue weighted by Crippen LogP contribution is -2.12. The highest BCUT2D eigenvalue weighted by Crippen LogP contribution is 2.32. The maximum atomic E-state index is 5.40. The van der Waals surface area contributed by atoms with Crippen LogP contribution in [0.2, 0.25) is 0 Å². The molecule has 0 aliphatic carbocycles. The minimum Gasteiger partial charge on any atom is -0.454 e. The first kappa shape index (κ1) is 13.2. The van der Waals surface area contributed by atoms with Crippen molar-refractivity contribution in [2.45, 2.75) is 13.1 Å². The summed E-state index contributed by atoms with van der Waals surface area (Å²) in [5, 5.41) is 6.04. The Morgan fingerprint density at radius 1 is 0.727 bits per heavy atom. The molecule has 0 aromatic heterocycles. The van der Waals surface area contributed by atoms with Gasteiger partial charge in [-0.05, 0) is 40.1 Å². The summed E-state index contributed by atoms with van der Waals surface area (Å²) in [5.74, 6) is 1.67. The monoisotopic (exact) mass is 291 g/mol. The predicted molar refractivity (Wildman–Crippen MR) is 87.1 cm³/mol. The lowest BCUT2D eigenvalue weighted by atomic mass is 10.1. The maximum absolute atomic E-state index is 5.40. The topological polar surface area (TPSA) is 30.5 Å². The molecule has 1 aliphatic rings. The van der Waals surface area contributed by atoms with Crippen LogP contribution in [0.15, 0.2) is 60.7 Å². The van der Waals surface area contributed by atoms with Crippen LogP contribution in [0.4, 0.5) is 0 Å². The number of fused-ring (bicyclic) bond motifs is 2. The Kier molecular flexibility index (Phi) is 3.41. The zero-order valence-corrected chi connectivity index (χ0v) is 12.2. The second-order valence-corrected chi connectivity index (χ2v) is 5.47.